The van der Waals surface area contributed by atoms with Crippen LogP contribution in [0.1, 0.15) is 11.1 Å². The molecule has 0 spiro atoms. The molecule has 1 saturated heterocycles. The first-order chi connectivity index (χ1) is 16.9. The number of anilines is 1. The van der Waals surface area contributed by atoms with Crippen molar-refractivity contribution in [3.05, 3.63) is 99.7 Å². The quantitative estimate of drug-likeness (QED) is 0.223. The Labute approximate surface area is 218 Å². The molecular weight excluding hydrogens is 507 g/mol. The number of hydrogen-bond donors (Lipinski definition) is 0. The summed E-state index contributed by atoms with van der Waals surface area (Å²) in [6.07, 6.45) is 1.66. The van der Waals surface area contributed by atoms with E-state index in [1.807, 2.05) is 36.4 Å². The van der Waals surface area contributed by atoms with Gasteiger partial charge in [0.05, 0.1) is 12.8 Å². The van der Waals surface area contributed by atoms with E-state index in [2.05, 4.69) is 0 Å². The summed E-state index contributed by atoms with van der Waals surface area (Å²) in [6, 6.07) is 21.4. The lowest BCUT2D eigenvalue weighted by Gasteiger charge is -2.19. The van der Waals surface area contributed by atoms with Crippen LogP contribution in [0.2, 0.25) is 10.0 Å². The molecule has 0 saturated carbocycles. The normalized spacial score (nSPS) is 14.5. The molecule has 9 heteroatoms. The average Bonchev–Trinajstić information content (AvgIpc) is 3.09. The molecular formula is C26H20Cl2N2O4S. The van der Waals surface area contributed by atoms with Crippen LogP contribution in [0.3, 0.4) is 0 Å². The molecule has 6 nitrogen and oxygen atoms in total. The molecule has 0 bridgehead atoms. The van der Waals surface area contributed by atoms with Crippen molar-refractivity contribution in [1.82, 2.24) is 4.90 Å². The number of methoxy groups -OCH3 is 1. The summed E-state index contributed by atoms with van der Waals surface area (Å²) in [5.74, 6) is -0.346. The zero-order valence-electron chi connectivity index (χ0n) is 18.6. The minimum absolute atomic E-state index is 0.161. The number of ether oxygens (including phenoxy) is 2. The number of para-hydroxylation sites is 1. The first-order valence-electron chi connectivity index (χ1n) is 10.5. The van der Waals surface area contributed by atoms with Gasteiger partial charge in [0.15, 0.2) is 5.11 Å². The highest BCUT2D eigenvalue weighted by Crippen LogP contribution is 2.32. The highest BCUT2D eigenvalue weighted by atomic mass is 35.5. The summed E-state index contributed by atoms with van der Waals surface area (Å²) < 4.78 is 10.8. The van der Waals surface area contributed by atoms with Crippen molar-refractivity contribution in [3.63, 3.8) is 0 Å². The van der Waals surface area contributed by atoms with Crippen molar-refractivity contribution in [2.75, 3.05) is 18.6 Å². The number of amides is 1. The van der Waals surface area contributed by atoms with Crippen LogP contribution in [0.5, 0.6) is 5.75 Å². The van der Waals surface area contributed by atoms with Crippen LogP contribution in [0.15, 0.2) is 78.5 Å². The zero-order chi connectivity index (χ0) is 24.9. The van der Waals surface area contributed by atoms with Crippen molar-refractivity contribution >= 4 is 64.2 Å². The number of carbonyl (C=O) groups is 2. The number of halogens is 2. The highest BCUT2D eigenvalue weighted by Gasteiger charge is 2.40. The van der Waals surface area contributed by atoms with Gasteiger partial charge in [0, 0.05) is 15.6 Å². The van der Waals surface area contributed by atoms with Crippen molar-refractivity contribution in [2.24, 2.45) is 0 Å². The summed E-state index contributed by atoms with van der Waals surface area (Å²) in [7, 11) is 1.28. The van der Waals surface area contributed by atoms with E-state index in [4.69, 9.17) is 44.9 Å². The predicted molar refractivity (Wildman–Crippen MR) is 140 cm³/mol. The predicted octanol–water partition coefficient (Wildman–Crippen LogP) is 5.72. The smallest absolute Gasteiger partial charge is 0.325 e. The van der Waals surface area contributed by atoms with Gasteiger partial charge >= 0.3 is 5.97 Å². The van der Waals surface area contributed by atoms with Crippen molar-refractivity contribution in [1.29, 1.82) is 0 Å². The number of benzene rings is 3. The van der Waals surface area contributed by atoms with Crippen molar-refractivity contribution in [3.8, 4) is 5.75 Å². The van der Waals surface area contributed by atoms with Crippen LogP contribution in [-0.4, -0.2) is 35.5 Å². The van der Waals surface area contributed by atoms with E-state index in [1.54, 1.807) is 42.5 Å². The molecule has 0 unspecified atom stereocenters. The molecule has 0 aliphatic carbocycles. The average molecular weight is 527 g/mol. The first kappa shape index (κ1) is 24.7. The van der Waals surface area contributed by atoms with E-state index in [-0.39, 0.29) is 23.3 Å². The Morgan fingerprint density at radius 2 is 1.60 bits per heavy atom. The van der Waals surface area contributed by atoms with Gasteiger partial charge in [0.25, 0.3) is 5.91 Å². The van der Waals surface area contributed by atoms with Crippen molar-refractivity contribution in [2.45, 2.75) is 6.61 Å². The Morgan fingerprint density at radius 1 is 0.971 bits per heavy atom. The summed E-state index contributed by atoms with van der Waals surface area (Å²) in [6.45, 7) is 0.0945. The van der Waals surface area contributed by atoms with Crippen LogP contribution in [0.25, 0.3) is 6.08 Å². The van der Waals surface area contributed by atoms with E-state index in [0.29, 0.717) is 33.7 Å². The van der Waals surface area contributed by atoms with Gasteiger partial charge in [-0.1, -0.05) is 53.5 Å². The van der Waals surface area contributed by atoms with Gasteiger partial charge in [-0.3, -0.25) is 14.5 Å². The Morgan fingerprint density at radius 3 is 2.26 bits per heavy atom. The lowest BCUT2D eigenvalue weighted by molar-refractivity contribution is -0.140. The molecule has 35 heavy (non-hydrogen) atoms. The zero-order valence-corrected chi connectivity index (χ0v) is 20.9. The Bertz CT molecular complexity index is 1290. The third-order valence-electron chi connectivity index (χ3n) is 5.25. The molecule has 0 radical (unpaired) electrons. The maximum Gasteiger partial charge on any atom is 0.325 e. The summed E-state index contributed by atoms with van der Waals surface area (Å²) in [5, 5.41) is 1.33. The van der Waals surface area contributed by atoms with Crippen LogP contribution in [0, 0.1) is 0 Å². The van der Waals surface area contributed by atoms with Gasteiger partial charge < -0.3 is 14.4 Å². The number of esters is 1. The molecule has 1 heterocycles. The fourth-order valence-electron chi connectivity index (χ4n) is 3.46. The summed E-state index contributed by atoms with van der Waals surface area (Å²) in [4.78, 5) is 28.4. The number of hydrogen-bond acceptors (Lipinski definition) is 5. The third kappa shape index (κ3) is 5.65. The number of thiocarbonyl (C=S) groups is 1. The lowest BCUT2D eigenvalue weighted by atomic mass is 10.1. The van der Waals surface area contributed by atoms with Crippen LogP contribution in [-0.2, 0) is 20.9 Å². The number of rotatable bonds is 7. The fraction of sp³-hybridized carbons (Fsp3) is 0.115. The van der Waals surface area contributed by atoms with Gasteiger partial charge in [-0.15, -0.1) is 0 Å². The van der Waals surface area contributed by atoms with Gasteiger partial charge in [-0.25, -0.2) is 0 Å². The monoisotopic (exact) mass is 526 g/mol. The van der Waals surface area contributed by atoms with Gasteiger partial charge in [0.1, 0.15) is 24.6 Å². The molecule has 3 aromatic carbocycles. The Hall–Kier alpha value is -3.39. The second-order valence-corrected chi connectivity index (χ2v) is 8.78. The second-order valence-electron chi connectivity index (χ2n) is 7.54. The van der Waals surface area contributed by atoms with E-state index in [0.717, 1.165) is 5.56 Å². The SMILES string of the molecule is COC(=O)CN1C(=S)N(c2ccc(Cl)cc2)C(=O)/C1=C/c1ccccc1OCc1ccc(Cl)cc1. The van der Waals surface area contributed by atoms with Gasteiger partial charge in [-0.05, 0) is 66.3 Å². The molecule has 1 fully saturated rings. The molecule has 0 atom stereocenters. The van der Waals surface area contributed by atoms with Gasteiger partial charge in [-0.2, -0.15) is 0 Å². The van der Waals surface area contributed by atoms with E-state index in [1.165, 1.54) is 16.9 Å². The van der Waals surface area contributed by atoms with E-state index >= 15 is 0 Å². The minimum atomic E-state index is -0.531. The number of nitrogens with zero attached hydrogens (tertiary/aromatic N) is 2. The minimum Gasteiger partial charge on any atom is -0.488 e. The van der Waals surface area contributed by atoms with Crippen molar-refractivity contribution < 1.29 is 19.1 Å². The van der Waals surface area contributed by atoms with E-state index < -0.39 is 5.97 Å². The largest absolute Gasteiger partial charge is 0.488 e. The third-order valence-corrected chi connectivity index (χ3v) is 6.16. The molecule has 0 N–H and O–H groups in total. The molecule has 1 aliphatic rings. The van der Waals surface area contributed by atoms with Crippen LogP contribution < -0.4 is 9.64 Å². The molecule has 3 aromatic rings. The highest BCUT2D eigenvalue weighted by molar-refractivity contribution is 7.80. The first-order valence-corrected chi connectivity index (χ1v) is 11.7. The molecule has 1 aliphatic heterocycles. The molecule has 4 rings (SSSR count). The van der Waals surface area contributed by atoms with E-state index in [9.17, 15) is 9.59 Å². The van der Waals surface area contributed by atoms with Gasteiger partial charge in [0.2, 0.25) is 0 Å². The molecule has 178 valence electrons. The topological polar surface area (TPSA) is 59.1 Å². The maximum absolute atomic E-state index is 13.5. The van der Waals surface area contributed by atoms with Crippen LogP contribution >= 0.6 is 35.4 Å². The molecule has 0 aromatic heterocycles. The van der Waals surface area contributed by atoms with Crippen LogP contribution in [0.4, 0.5) is 5.69 Å². The standard InChI is InChI=1S/C26H20Cl2N2O4S/c1-33-24(31)15-29-22(25(32)30(26(29)35)21-12-10-20(28)11-13-21)14-18-4-2-3-5-23(18)34-16-17-6-8-19(27)9-7-17/h2-14H,15-16H2,1H3/b22-14-. The summed E-state index contributed by atoms with van der Waals surface area (Å²) in [5.41, 5.74) is 2.35. The Kier molecular flexibility index (Phi) is 7.70. The maximum atomic E-state index is 13.5. The second kappa shape index (κ2) is 10.9. The summed E-state index contributed by atoms with van der Waals surface area (Å²) >= 11 is 17.5. The fourth-order valence-corrected chi connectivity index (χ4v) is 4.07. The molecule has 1 amide bonds. The lowest BCUT2D eigenvalue weighted by Crippen LogP contribution is -2.35. The Balaban J connectivity index is 1.68. The number of carbonyl (C=O) groups excluding carboxylic acids is 2.